The summed E-state index contributed by atoms with van der Waals surface area (Å²) in [6, 6.07) is 6.90. The predicted octanol–water partition coefficient (Wildman–Crippen LogP) is 3.29. The van der Waals surface area contributed by atoms with E-state index in [4.69, 9.17) is 5.73 Å². The average Bonchev–Trinajstić information content (AvgIpc) is 2.46. The smallest absolute Gasteiger partial charge is 0.383 e. The third-order valence-electron chi connectivity index (χ3n) is 3.05. The third-order valence-corrected chi connectivity index (χ3v) is 3.05. The number of pyridine rings is 1. The van der Waals surface area contributed by atoms with Gasteiger partial charge in [-0.1, -0.05) is 6.07 Å². The summed E-state index contributed by atoms with van der Waals surface area (Å²) in [4.78, 5) is 11.7. The number of nitrogens with two attached hydrogens (primary N) is 1. The Morgan fingerprint density at radius 3 is 2.57 bits per heavy atom. The topological polar surface area (TPSA) is 64.7 Å². The molecule has 3 rings (SSSR count). The lowest BCUT2D eigenvalue weighted by Gasteiger charge is -2.12. The summed E-state index contributed by atoms with van der Waals surface area (Å²) < 4.78 is 39.1. The van der Waals surface area contributed by atoms with Gasteiger partial charge in [-0.15, -0.1) is 0 Å². The van der Waals surface area contributed by atoms with Crippen molar-refractivity contribution in [3.8, 4) is 11.3 Å². The van der Waals surface area contributed by atoms with Crippen molar-refractivity contribution in [2.75, 3.05) is 5.73 Å². The maximum Gasteiger partial charge on any atom is 0.418 e. The zero-order valence-electron chi connectivity index (χ0n) is 10.6. The second-order valence-electron chi connectivity index (χ2n) is 4.39. The number of fused-ring (bicyclic) bond motifs is 1. The van der Waals surface area contributed by atoms with Crippen LogP contribution in [0, 0.1) is 0 Å². The van der Waals surface area contributed by atoms with Crippen LogP contribution in [0.4, 0.5) is 19.0 Å². The van der Waals surface area contributed by atoms with Gasteiger partial charge in [0.05, 0.1) is 16.8 Å². The zero-order valence-corrected chi connectivity index (χ0v) is 10.6. The van der Waals surface area contributed by atoms with Crippen molar-refractivity contribution in [2.24, 2.45) is 0 Å². The first-order valence-electron chi connectivity index (χ1n) is 5.99. The molecule has 4 nitrogen and oxygen atoms in total. The molecule has 0 spiro atoms. The highest BCUT2D eigenvalue weighted by Gasteiger charge is 2.34. The number of benzene rings is 1. The van der Waals surface area contributed by atoms with Gasteiger partial charge in [-0.2, -0.15) is 13.2 Å². The van der Waals surface area contributed by atoms with E-state index in [1.165, 1.54) is 30.7 Å². The van der Waals surface area contributed by atoms with E-state index >= 15 is 0 Å². The highest BCUT2D eigenvalue weighted by molar-refractivity contribution is 5.90. The Morgan fingerprint density at radius 2 is 1.81 bits per heavy atom. The van der Waals surface area contributed by atoms with E-state index in [0.29, 0.717) is 16.5 Å². The summed E-state index contributed by atoms with van der Waals surface area (Å²) in [5.74, 6) is 0.281. The van der Waals surface area contributed by atoms with Gasteiger partial charge in [0, 0.05) is 17.1 Å². The van der Waals surface area contributed by atoms with Crippen molar-refractivity contribution < 1.29 is 13.2 Å². The fourth-order valence-corrected chi connectivity index (χ4v) is 2.09. The number of anilines is 1. The number of hydrogen-bond acceptors (Lipinski definition) is 4. The number of hydrogen-bond donors (Lipinski definition) is 1. The maximum atomic E-state index is 13.0. The van der Waals surface area contributed by atoms with Gasteiger partial charge in [0.25, 0.3) is 0 Å². The van der Waals surface area contributed by atoms with Crippen LogP contribution in [-0.4, -0.2) is 15.0 Å². The fourth-order valence-electron chi connectivity index (χ4n) is 2.09. The number of aromatic nitrogens is 3. The number of halogens is 3. The standard InChI is InChI=1S/C14H9F3N4/c15-14(16,17)10-2-1-5-19-12(10)8-3-4-9-11(6-8)20-7-21-13(9)18/h1-7H,(H2,18,20,21). The highest BCUT2D eigenvalue weighted by atomic mass is 19.4. The van der Waals surface area contributed by atoms with Crippen molar-refractivity contribution in [1.29, 1.82) is 0 Å². The molecular formula is C14H9F3N4. The average molecular weight is 290 g/mol. The van der Waals surface area contributed by atoms with Crippen molar-refractivity contribution >= 4 is 16.7 Å². The lowest BCUT2D eigenvalue weighted by Crippen LogP contribution is -2.08. The molecule has 0 amide bonds. The van der Waals surface area contributed by atoms with Crippen LogP contribution in [0.1, 0.15) is 5.56 Å². The minimum absolute atomic E-state index is 0.135. The van der Waals surface area contributed by atoms with Gasteiger partial charge in [-0.05, 0) is 24.3 Å². The Bertz CT molecular complexity index is 815. The molecule has 106 valence electrons. The largest absolute Gasteiger partial charge is 0.418 e. The molecule has 0 saturated heterocycles. The normalized spacial score (nSPS) is 11.8. The van der Waals surface area contributed by atoms with Crippen LogP contribution in [0.2, 0.25) is 0 Å². The molecule has 0 radical (unpaired) electrons. The van der Waals surface area contributed by atoms with Crippen LogP contribution in [-0.2, 0) is 6.18 Å². The first-order valence-corrected chi connectivity index (χ1v) is 5.99. The minimum atomic E-state index is -4.47. The van der Waals surface area contributed by atoms with Crippen molar-refractivity contribution in [3.05, 3.63) is 48.4 Å². The molecule has 0 aliphatic rings. The summed E-state index contributed by atoms with van der Waals surface area (Å²) in [5, 5.41) is 0.589. The van der Waals surface area contributed by atoms with Crippen LogP contribution >= 0.6 is 0 Å². The minimum Gasteiger partial charge on any atom is -0.383 e. The van der Waals surface area contributed by atoms with Gasteiger partial charge in [0.15, 0.2) is 0 Å². The van der Waals surface area contributed by atoms with Crippen molar-refractivity contribution in [2.45, 2.75) is 6.18 Å². The van der Waals surface area contributed by atoms with Crippen molar-refractivity contribution in [1.82, 2.24) is 15.0 Å². The van der Waals surface area contributed by atoms with Gasteiger partial charge in [0.2, 0.25) is 0 Å². The molecule has 7 heteroatoms. The van der Waals surface area contributed by atoms with E-state index in [9.17, 15) is 13.2 Å². The third kappa shape index (κ3) is 2.37. The van der Waals surface area contributed by atoms with Gasteiger partial charge < -0.3 is 5.73 Å². The van der Waals surface area contributed by atoms with E-state index in [1.54, 1.807) is 6.07 Å². The first-order chi connectivity index (χ1) is 9.97. The Hall–Kier alpha value is -2.70. The van der Waals surface area contributed by atoms with E-state index in [0.717, 1.165) is 6.07 Å². The monoisotopic (exact) mass is 290 g/mol. The molecule has 0 fully saturated rings. The van der Waals surface area contributed by atoms with E-state index in [2.05, 4.69) is 15.0 Å². The molecule has 1 aromatic carbocycles. The molecule has 0 aliphatic carbocycles. The van der Waals surface area contributed by atoms with Crippen LogP contribution in [0.15, 0.2) is 42.9 Å². The van der Waals surface area contributed by atoms with Crippen LogP contribution in [0.25, 0.3) is 22.2 Å². The summed E-state index contributed by atoms with van der Waals surface area (Å²) in [7, 11) is 0. The fraction of sp³-hybridized carbons (Fsp3) is 0.0714. The van der Waals surface area contributed by atoms with Gasteiger partial charge in [-0.3, -0.25) is 4.98 Å². The molecule has 0 aliphatic heterocycles. The van der Waals surface area contributed by atoms with Crippen LogP contribution < -0.4 is 5.73 Å². The van der Waals surface area contributed by atoms with Gasteiger partial charge in [0.1, 0.15) is 12.1 Å². The lowest BCUT2D eigenvalue weighted by atomic mass is 10.0. The van der Waals surface area contributed by atoms with E-state index < -0.39 is 11.7 Å². The van der Waals surface area contributed by atoms with E-state index in [-0.39, 0.29) is 11.5 Å². The predicted molar refractivity (Wildman–Crippen MR) is 72.2 cm³/mol. The quantitative estimate of drug-likeness (QED) is 0.747. The maximum absolute atomic E-state index is 13.0. The summed E-state index contributed by atoms with van der Waals surface area (Å²) >= 11 is 0. The Balaban J connectivity index is 2.22. The second kappa shape index (κ2) is 4.69. The molecule has 21 heavy (non-hydrogen) atoms. The molecule has 2 heterocycles. The summed E-state index contributed by atoms with van der Waals surface area (Å²) in [6.45, 7) is 0. The molecule has 0 saturated carbocycles. The zero-order chi connectivity index (χ0) is 15.0. The molecule has 3 aromatic rings. The van der Waals surface area contributed by atoms with E-state index in [1.807, 2.05) is 0 Å². The number of rotatable bonds is 1. The van der Waals surface area contributed by atoms with Crippen molar-refractivity contribution in [3.63, 3.8) is 0 Å². The number of nitrogens with zero attached hydrogens (tertiary/aromatic N) is 3. The highest BCUT2D eigenvalue weighted by Crippen LogP contribution is 2.36. The summed E-state index contributed by atoms with van der Waals surface area (Å²) in [6.07, 6.45) is -1.88. The number of alkyl halides is 3. The molecule has 0 unspecified atom stereocenters. The Labute approximate surface area is 117 Å². The van der Waals surface area contributed by atoms with Crippen LogP contribution in [0.3, 0.4) is 0 Å². The summed E-state index contributed by atoms with van der Waals surface area (Å²) in [5.41, 5.74) is 5.57. The van der Waals surface area contributed by atoms with Gasteiger partial charge >= 0.3 is 6.18 Å². The SMILES string of the molecule is Nc1ncnc2cc(-c3ncccc3C(F)(F)F)ccc12. The molecule has 0 atom stereocenters. The Kier molecular flexibility index (Phi) is 2.97. The molecule has 2 N–H and O–H groups in total. The van der Waals surface area contributed by atoms with Gasteiger partial charge in [-0.25, -0.2) is 9.97 Å². The molecular weight excluding hydrogens is 281 g/mol. The number of nitrogen functional groups attached to an aromatic ring is 1. The molecule has 0 bridgehead atoms. The lowest BCUT2D eigenvalue weighted by molar-refractivity contribution is -0.137. The molecule has 2 aromatic heterocycles. The first kappa shape index (κ1) is 13.3. The Morgan fingerprint density at radius 1 is 1.00 bits per heavy atom. The van der Waals surface area contributed by atoms with Crippen LogP contribution in [0.5, 0.6) is 0 Å². The second-order valence-corrected chi connectivity index (χ2v) is 4.39.